The Morgan fingerprint density at radius 2 is 1.82 bits per heavy atom. The van der Waals surface area contributed by atoms with Gasteiger partial charge in [-0.15, -0.1) is 0 Å². The molecule has 116 valence electrons. The van der Waals surface area contributed by atoms with E-state index in [1.54, 1.807) is 6.20 Å². The summed E-state index contributed by atoms with van der Waals surface area (Å²) in [5.74, 6) is -1.06. The van der Waals surface area contributed by atoms with Crippen LogP contribution in [0.1, 0.15) is 35.3 Å². The van der Waals surface area contributed by atoms with Crippen LogP contribution in [0.25, 0.3) is 11.1 Å². The molecular weight excluding hydrogens is 347 g/mol. The second-order valence-electron chi connectivity index (χ2n) is 5.51. The highest BCUT2D eigenvalue weighted by Gasteiger charge is 2.40. The van der Waals surface area contributed by atoms with Crippen LogP contribution in [0.5, 0.6) is 0 Å². The Kier molecular flexibility index (Phi) is 3.89. The lowest BCUT2D eigenvalue weighted by atomic mass is 9.74. The summed E-state index contributed by atoms with van der Waals surface area (Å²) in [5, 5.41) is 10.6. The largest absolute Gasteiger partial charge is 0.478 e. The Balaban J connectivity index is 2.23. The zero-order valence-electron chi connectivity index (χ0n) is 11.4. The van der Waals surface area contributed by atoms with Gasteiger partial charge < -0.3 is 15.8 Å². The predicted octanol–water partition coefficient (Wildman–Crippen LogP) is 4.68. The van der Waals surface area contributed by atoms with Gasteiger partial charge in [0.2, 0.25) is 0 Å². The maximum Gasteiger partial charge on any atom is 0.338 e. The summed E-state index contributed by atoms with van der Waals surface area (Å²) in [6.45, 7) is 0. The molecule has 4 nitrogen and oxygen atoms in total. The van der Waals surface area contributed by atoms with Gasteiger partial charge in [-0.2, -0.15) is 0 Å². The molecule has 0 bridgehead atoms. The molecule has 22 heavy (non-hydrogen) atoms. The van der Waals surface area contributed by atoms with Crippen molar-refractivity contribution < 1.29 is 9.90 Å². The summed E-state index contributed by atoms with van der Waals surface area (Å²) in [6, 6.07) is 3.06. The molecule has 0 amide bonds. The maximum absolute atomic E-state index is 11.8. The van der Waals surface area contributed by atoms with Crippen LogP contribution in [-0.2, 0) is 5.54 Å². The van der Waals surface area contributed by atoms with E-state index in [0.29, 0.717) is 31.9 Å². The van der Waals surface area contributed by atoms with Crippen molar-refractivity contribution in [3.05, 3.63) is 44.7 Å². The maximum atomic E-state index is 11.8. The number of carbonyl (C=O) groups is 1. The van der Waals surface area contributed by atoms with E-state index >= 15 is 0 Å². The fourth-order valence-electron chi connectivity index (χ4n) is 2.84. The number of benzene rings is 1. The van der Waals surface area contributed by atoms with Gasteiger partial charge in [0.25, 0.3) is 0 Å². The van der Waals surface area contributed by atoms with Gasteiger partial charge in [0.05, 0.1) is 26.8 Å². The molecule has 1 aliphatic rings. The molecule has 1 aromatic heterocycles. The molecule has 1 saturated carbocycles. The van der Waals surface area contributed by atoms with Crippen LogP contribution in [0.4, 0.5) is 0 Å². The van der Waals surface area contributed by atoms with Crippen LogP contribution in [-0.4, -0.2) is 16.1 Å². The highest BCUT2D eigenvalue weighted by Crippen LogP contribution is 2.45. The number of aromatic amines is 1. The third kappa shape index (κ3) is 2.40. The molecule has 3 rings (SSSR count). The average molecular weight is 360 g/mol. The molecule has 0 atom stereocenters. The first-order valence-electron chi connectivity index (χ1n) is 6.72. The van der Waals surface area contributed by atoms with Crippen LogP contribution < -0.4 is 5.73 Å². The Morgan fingerprint density at radius 1 is 1.23 bits per heavy atom. The van der Waals surface area contributed by atoms with E-state index in [2.05, 4.69) is 4.98 Å². The Bertz CT molecular complexity index is 743. The molecule has 4 N–H and O–H groups in total. The minimum atomic E-state index is -1.06. The topological polar surface area (TPSA) is 79.1 Å². The molecule has 2 aromatic rings. The van der Waals surface area contributed by atoms with Crippen LogP contribution in [0, 0.1) is 0 Å². The van der Waals surface area contributed by atoms with Crippen molar-refractivity contribution in [1.82, 2.24) is 4.98 Å². The molecule has 0 unspecified atom stereocenters. The number of carboxylic acid groups (broad SMARTS) is 1. The van der Waals surface area contributed by atoms with Crippen LogP contribution in [0.2, 0.25) is 15.1 Å². The van der Waals surface area contributed by atoms with Crippen molar-refractivity contribution >= 4 is 40.8 Å². The van der Waals surface area contributed by atoms with E-state index < -0.39 is 11.5 Å². The van der Waals surface area contributed by atoms with Gasteiger partial charge in [-0.3, -0.25) is 0 Å². The highest BCUT2D eigenvalue weighted by atomic mass is 35.5. The normalized spacial score (nSPS) is 16.4. The number of hydrogen-bond acceptors (Lipinski definition) is 2. The molecule has 0 spiro atoms. The van der Waals surface area contributed by atoms with Gasteiger partial charge in [0, 0.05) is 22.3 Å². The second-order valence-corrected chi connectivity index (χ2v) is 6.76. The minimum absolute atomic E-state index is 0.119. The average Bonchev–Trinajstić information content (AvgIpc) is 2.79. The standard InChI is InChI=1S/C15H13Cl3N2O2/c16-7-4-9(17)11(10(18)5-7)8-6-20-13(12(8)14(21)22)15(19)2-1-3-15/h4-6,20H,1-3,19H2,(H,21,22). The fourth-order valence-corrected chi connectivity index (χ4v) is 3.86. The number of aromatic carboxylic acids is 1. The first-order valence-corrected chi connectivity index (χ1v) is 7.86. The van der Waals surface area contributed by atoms with Crippen molar-refractivity contribution in [2.75, 3.05) is 0 Å². The Morgan fingerprint density at radius 3 is 2.27 bits per heavy atom. The third-order valence-electron chi connectivity index (χ3n) is 4.11. The first kappa shape index (κ1) is 15.7. The van der Waals surface area contributed by atoms with E-state index in [1.165, 1.54) is 12.1 Å². The lowest BCUT2D eigenvalue weighted by Crippen LogP contribution is -2.44. The van der Waals surface area contributed by atoms with E-state index in [4.69, 9.17) is 40.5 Å². The van der Waals surface area contributed by atoms with Gasteiger partial charge in [0.15, 0.2) is 0 Å². The molecule has 1 aromatic carbocycles. The summed E-state index contributed by atoms with van der Waals surface area (Å²) in [4.78, 5) is 14.8. The molecule has 1 aliphatic carbocycles. The summed E-state index contributed by atoms with van der Waals surface area (Å²) in [7, 11) is 0. The lowest BCUT2D eigenvalue weighted by Gasteiger charge is -2.37. The van der Waals surface area contributed by atoms with E-state index in [9.17, 15) is 9.90 Å². The van der Waals surface area contributed by atoms with Crippen molar-refractivity contribution in [3.8, 4) is 11.1 Å². The number of rotatable bonds is 3. The molecule has 0 aliphatic heterocycles. The van der Waals surface area contributed by atoms with E-state index in [0.717, 1.165) is 19.3 Å². The number of hydrogen-bond donors (Lipinski definition) is 3. The van der Waals surface area contributed by atoms with Gasteiger partial charge in [-0.1, -0.05) is 34.8 Å². The number of carboxylic acids is 1. The quantitative estimate of drug-likeness (QED) is 0.744. The highest BCUT2D eigenvalue weighted by molar-refractivity contribution is 6.42. The van der Waals surface area contributed by atoms with Crippen LogP contribution in [0.3, 0.4) is 0 Å². The van der Waals surface area contributed by atoms with Crippen molar-refractivity contribution in [2.45, 2.75) is 24.8 Å². The smallest absolute Gasteiger partial charge is 0.338 e. The fraction of sp³-hybridized carbons (Fsp3) is 0.267. The minimum Gasteiger partial charge on any atom is -0.478 e. The number of H-pyrrole nitrogens is 1. The Hall–Kier alpha value is -1.20. The summed E-state index contributed by atoms with van der Waals surface area (Å²) < 4.78 is 0. The molecular formula is C15H13Cl3N2O2. The number of halogens is 3. The number of nitrogens with one attached hydrogen (secondary N) is 1. The van der Waals surface area contributed by atoms with Gasteiger partial charge in [-0.25, -0.2) is 4.79 Å². The zero-order chi connectivity index (χ0) is 16.1. The summed E-state index contributed by atoms with van der Waals surface area (Å²) in [6.07, 6.45) is 4.06. The number of aromatic nitrogens is 1. The molecule has 1 heterocycles. The summed E-state index contributed by atoms with van der Waals surface area (Å²) >= 11 is 18.3. The SMILES string of the molecule is NC1(c2[nH]cc(-c3c(Cl)cc(Cl)cc3Cl)c2C(=O)O)CCC1. The van der Waals surface area contributed by atoms with Gasteiger partial charge in [0.1, 0.15) is 0 Å². The van der Waals surface area contributed by atoms with Crippen LogP contribution in [0.15, 0.2) is 18.3 Å². The molecule has 7 heteroatoms. The Labute approximate surface area is 142 Å². The van der Waals surface area contributed by atoms with Crippen molar-refractivity contribution in [1.29, 1.82) is 0 Å². The van der Waals surface area contributed by atoms with Gasteiger partial charge in [-0.05, 0) is 31.4 Å². The monoisotopic (exact) mass is 358 g/mol. The van der Waals surface area contributed by atoms with E-state index in [-0.39, 0.29) is 5.56 Å². The number of nitrogens with two attached hydrogens (primary N) is 1. The van der Waals surface area contributed by atoms with Crippen molar-refractivity contribution in [3.63, 3.8) is 0 Å². The van der Waals surface area contributed by atoms with Crippen molar-refractivity contribution in [2.24, 2.45) is 5.73 Å². The predicted molar refractivity (Wildman–Crippen MR) is 87.9 cm³/mol. The van der Waals surface area contributed by atoms with Gasteiger partial charge >= 0.3 is 5.97 Å². The molecule has 0 saturated heterocycles. The zero-order valence-corrected chi connectivity index (χ0v) is 13.7. The first-order chi connectivity index (χ1) is 10.3. The third-order valence-corrected chi connectivity index (χ3v) is 4.93. The second kappa shape index (κ2) is 5.46. The van der Waals surface area contributed by atoms with Crippen LogP contribution >= 0.6 is 34.8 Å². The lowest BCUT2D eigenvalue weighted by molar-refractivity contribution is 0.0692. The summed E-state index contributed by atoms with van der Waals surface area (Å²) in [5.41, 5.74) is 7.14. The van der Waals surface area contributed by atoms with E-state index in [1.807, 2.05) is 0 Å². The molecule has 1 fully saturated rings. The molecule has 0 radical (unpaired) electrons.